The number of carbonyl (C=O) groups is 1. The van der Waals surface area contributed by atoms with Gasteiger partial charge in [0.25, 0.3) is 0 Å². The molecule has 0 fully saturated rings. The quantitative estimate of drug-likeness (QED) is 0.765. The standard InChI is InChI=1S/C13H16N4O3/c1-2-20-12(19)11(18)10(9-6-4-3-5-7-9)17-8-15-13(14)16-17/h3-8,10-11,18H,2H2,1H3,(H2,14,16)/t10-,11-/m0/s1. The molecule has 1 aromatic carbocycles. The molecule has 1 aromatic heterocycles. The van der Waals surface area contributed by atoms with Crippen molar-refractivity contribution in [3.05, 3.63) is 42.2 Å². The second-order valence-electron chi connectivity index (χ2n) is 4.14. The highest BCUT2D eigenvalue weighted by Crippen LogP contribution is 2.22. The van der Waals surface area contributed by atoms with E-state index in [2.05, 4.69) is 10.1 Å². The van der Waals surface area contributed by atoms with Crippen LogP contribution in [0.3, 0.4) is 0 Å². The Morgan fingerprint density at radius 1 is 1.45 bits per heavy atom. The summed E-state index contributed by atoms with van der Waals surface area (Å²) in [5.74, 6) is -0.641. The molecule has 0 bridgehead atoms. The highest BCUT2D eigenvalue weighted by molar-refractivity contribution is 5.75. The van der Waals surface area contributed by atoms with Crippen molar-refractivity contribution < 1.29 is 14.6 Å². The highest BCUT2D eigenvalue weighted by Gasteiger charge is 2.31. The lowest BCUT2D eigenvalue weighted by Gasteiger charge is -2.21. The topological polar surface area (TPSA) is 103 Å². The smallest absolute Gasteiger partial charge is 0.337 e. The number of carbonyl (C=O) groups excluding carboxylic acids is 1. The molecule has 2 atom stereocenters. The molecule has 3 N–H and O–H groups in total. The van der Waals surface area contributed by atoms with E-state index < -0.39 is 18.1 Å². The van der Waals surface area contributed by atoms with Crippen LogP contribution in [0.15, 0.2) is 36.7 Å². The third kappa shape index (κ3) is 2.94. The number of nitrogens with two attached hydrogens (primary N) is 1. The third-order valence-electron chi connectivity index (χ3n) is 2.78. The molecule has 0 aliphatic rings. The van der Waals surface area contributed by atoms with Crippen molar-refractivity contribution in [1.82, 2.24) is 14.8 Å². The summed E-state index contributed by atoms with van der Waals surface area (Å²) < 4.78 is 6.21. The van der Waals surface area contributed by atoms with E-state index in [4.69, 9.17) is 10.5 Å². The first kappa shape index (κ1) is 14.0. The molecule has 20 heavy (non-hydrogen) atoms. The van der Waals surface area contributed by atoms with Crippen LogP contribution in [0.2, 0.25) is 0 Å². The number of nitrogen functional groups attached to an aromatic ring is 1. The molecular weight excluding hydrogens is 260 g/mol. The van der Waals surface area contributed by atoms with E-state index >= 15 is 0 Å². The molecule has 2 rings (SSSR count). The molecule has 0 amide bonds. The summed E-state index contributed by atoms with van der Waals surface area (Å²) in [5, 5.41) is 14.2. The van der Waals surface area contributed by atoms with Crippen molar-refractivity contribution in [2.24, 2.45) is 0 Å². The number of hydrogen-bond acceptors (Lipinski definition) is 6. The Labute approximate surface area is 116 Å². The molecule has 0 aliphatic carbocycles. The zero-order chi connectivity index (χ0) is 14.5. The molecule has 0 aliphatic heterocycles. The fourth-order valence-electron chi connectivity index (χ4n) is 1.91. The van der Waals surface area contributed by atoms with Crippen LogP contribution in [-0.2, 0) is 9.53 Å². The molecular formula is C13H16N4O3. The van der Waals surface area contributed by atoms with E-state index in [9.17, 15) is 9.90 Å². The Kier molecular flexibility index (Phi) is 4.31. The zero-order valence-corrected chi connectivity index (χ0v) is 11.0. The molecule has 0 unspecified atom stereocenters. The molecule has 106 valence electrons. The van der Waals surface area contributed by atoms with Crippen molar-refractivity contribution in [3.8, 4) is 0 Å². The number of rotatable bonds is 5. The predicted molar refractivity (Wildman–Crippen MR) is 71.7 cm³/mol. The Morgan fingerprint density at radius 2 is 2.15 bits per heavy atom. The average molecular weight is 276 g/mol. The average Bonchev–Trinajstić information content (AvgIpc) is 2.87. The van der Waals surface area contributed by atoms with Gasteiger partial charge >= 0.3 is 5.97 Å². The van der Waals surface area contributed by atoms with Crippen LogP contribution in [0.1, 0.15) is 18.5 Å². The first-order valence-electron chi connectivity index (χ1n) is 6.19. The van der Waals surface area contributed by atoms with Crippen molar-refractivity contribution in [3.63, 3.8) is 0 Å². The SMILES string of the molecule is CCOC(=O)[C@@H](O)[C@H](c1ccccc1)n1cnc(N)n1. The van der Waals surface area contributed by atoms with Gasteiger partial charge in [0.1, 0.15) is 12.4 Å². The van der Waals surface area contributed by atoms with Crippen molar-refractivity contribution >= 4 is 11.9 Å². The first-order chi connectivity index (χ1) is 9.63. The molecule has 0 saturated carbocycles. The minimum Gasteiger partial charge on any atom is -0.464 e. The number of esters is 1. The Balaban J connectivity index is 2.37. The molecule has 7 heteroatoms. The molecule has 0 spiro atoms. The van der Waals surface area contributed by atoms with Crippen molar-refractivity contribution in [1.29, 1.82) is 0 Å². The zero-order valence-electron chi connectivity index (χ0n) is 11.0. The second kappa shape index (κ2) is 6.16. The largest absolute Gasteiger partial charge is 0.464 e. The summed E-state index contributed by atoms with van der Waals surface area (Å²) in [6.07, 6.45) is -0.0198. The van der Waals surface area contributed by atoms with E-state index in [0.29, 0.717) is 5.56 Å². The molecule has 0 radical (unpaired) electrons. The van der Waals surface area contributed by atoms with E-state index in [-0.39, 0.29) is 12.6 Å². The van der Waals surface area contributed by atoms with Gasteiger partial charge in [0.05, 0.1) is 6.61 Å². The highest BCUT2D eigenvalue weighted by atomic mass is 16.5. The number of anilines is 1. The van der Waals surface area contributed by atoms with Gasteiger partial charge in [0.2, 0.25) is 5.95 Å². The van der Waals surface area contributed by atoms with E-state index in [1.165, 1.54) is 11.0 Å². The van der Waals surface area contributed by atoms with Gasteiger partial charge in [-0.2, -0.15) is 0 Å². The van der Waals surface area contributed by atoms with Gasteiger partial charge in [-0.1, -0.05) is 30.3 Å². The second-order valence-corrected chi connectivity index (χ2v) is 4.14. The predicted octanol–water partition coefficient (Wildman–Crippen LogP) is 0.374. The van der Waals surface area contributed by atoms with Gasteiger partial charge in [0.15, 0.2) is 6.10 Å². The number of aliphatic hydroxyl groups excluding tert-OH is 1. The van der Waals surface area contributed by atoms with Crippen LogP contribution >= 0.6 is 0 Å². The molecule has 0 saturated heterocycles. The maximum Gasteiger partial charge on any atom is 0.337 e. The third-order valence-corrected chi connectivity index (χ3v) is 2.78. The van der Waals surface area contributed by atoms with Crippen LogP contribution < -0.4 is 5.73 Å². The van der Waals surface area contributed by atoms with Gasteiger partial charge in [0, 0.05) is 0 Å². The minimum atomic E-state index is -1.39. The van der Waals surface area contributed by atoms with E-state index in [1.54, 1.807) is 31.2 Å². The Bertz CT molecular complexity index is 570. The fraction of sp³-hybridized carbons (Fsp3) is 0.308. The Morgan fingerprint density at radius 3 is 2.70 bits per heavy atom. The van der Waals surface area contributed by atoms with Crippen LogP contribution in [0.4, 0.5) is 5.95 Å². The number of ether oxygens (including phenoxy) is 1. The normalized spacial score (nSPS) is 13.7. The van der Waals surface area contributed by atoms with Gasteiger partial charge in [-0.15, -0.1) is 5.10 Å². The number of aliphatic hydroxyl groups is 1. The van der Waals surface area contributed by atoms with Gasteiger partial charge in [-0.05, 0) is 12.5 Å². The summed E-state index contributed by atoms with van der Waals surface area (Å²) in [4.78, 5) is 15.6. The monoisotopic (exact) mass is 276 g/mol. The maximum atomic E-state index is 11.8. The molecule has 2 aromatic rings. The van der Waals surface area contributed by atoms with Gasteiger partial charge in [-0.25, -0.2) is 14.5 Å². The lowest BCUT2D eigenvalue weighted by Crippen LogP contribution is -2.34. The summed E-state index contributed by atoms with van der Waals surface area (Å²) in [6, 6.07) is 8.28. The maximum absolute atomic E-state index is 11.8. The van der Waals surface area contributed by atoms with E-state index in [0.717, 1.165) is 0 Å². The van der Waals surface area contributed by atoms with E-state index in [1.807, 2.05) is 6.07 Å². The first-order valence-corrected chi connectivity index (χ1v) is 6.19. The fourth-order valence-corrected chi connectivity index (χ4v) is 1.91. The van der Waals surface area contributed by atoms with Crippen LogP contribution in [-0.4, -0.2) is 38.6 Å². The molecule has 7 nitrogen and oxygen atoms in total. The number of nitrogens with zero attached hydrogens (tertiary/aromatic N) is 3. The molecule has 1 heterocycles. The summed E-state index contributed by atoms with van der Waals surface area (Å²) in [6.45, 7) is 1.87. The van der Waals surface area contributed by atoms with Crippen LogP contribution in [0.25, 0.3) is 0 Å². The summed E-state index contributed by atoms with van der Waals surface area (Å²) in [5.41, 5.74) is 6.19. The minimum absolute atomic E-state index is 0.0713. The summed E-state index contributed by atoms with van der Waals surface area (Å²) in [7, 11) is 0. The van der Waals surface area contributed by atoms with Crippen LogP contribution in [0, 0.1) is 0 Å². The van der Waals surface area contributed by atoms with Gasteiger partial charge in [-0.3, -0.25) is 0 Å². The van der Waals surface area contributed by atoms with Crippen molar-refractivity contribution in [2.75, 3.05) is 12.3 Å². The lowest BCUT2D eigenvalue weighted by molar-refractivity contribution is -0.154. The number of aromatic nitrogens is 3. The van der Waals surface area contributed by atoms with Crippen molar-refractivity contribution in [2.45, 2.75) is 19.1 Å². The number of benzene rings is 1. The Hall–Kier alpha value is -2.41. The lowest BCUT2D eigenvalue weighted by atomic mass is 10.0. The number of hydrogen-bond donors (Lipinski definition) is 2. The van der Waals surface area contributed by atoms with Gasteiger partial charge < -0.3 is 15.6 Å². The van der Waals surface area contributed by atoms with Crippen LogP contribution in [0.5, 0.6) is 0 Å². The summed E-state index contributed by atoms with van der Waals surface area (Å²) >= 11 is 0.